The van der Waals surface area contributed by atoms with E-state index in [0.29, 0.717) is 6.07 Å². The molecule has 0 unspecified atom stereocenters. The van der Waals surface area contributed by atoms with Crippen LogP contribution in [-0.4, -0.2) is 17.4 Å². The highest BCUT2D eigenvalue weighted by Crippen LogP contribution is 2.35. The van der Waals surface area contributed by atoms with Gasteiger partial charge in [-0.15, -0.1) is 0 Å². The number of halogens is 4. The third-order valence-corrected chi connectivity index (χ3v) is 3.63. The smallest absolute Gasteiger partial charge is 0.416 e. The number of nitrogens with zero attached hydrogens (tertiary/aromatic N) is 1. The van der Waals surface area contributed by atoms with Crippen LogP contribution < -0.4 is 10.1 Å². The van der Waals surface area contributed by atoms with Crippen molar-refractivity contribution in [1.82, 2.24) is 0 Å². The summed E-state index contributed by atoms with van der Waals surface area (Å²) in [6.45, 7) is 2.90. The monoisotopic (exact) mass is 386 g/mol. The number of carbonyl (C=O) groups excluding carboxylic acids is 1. The maximum absolute atomic E-state index is 13.9. The Kier molecular flexibility index (Phi) is 5.67. The summed E-state index contributed by atoms with van der Waals surface area (Å²) in [6, 6.07) is 4.12. The second-order valence-electron chi connectivity index (χ2n) is 5.46. The first kappa shape index (κ1) is 20.1. The summed E-state index contributed by atoms with van der Waals surface area (Å²) >= 11 is 0. The van der Waals surface area contributed by atoms with Gasteiger partial charge in [0.2, 0.25) is 0 Å². The van der Waals surface area contributed by atoms with E-state index in [2.05, 4.69) is 5.32 Å². The summed E-state index contributed by atoms with van der Waals surface area (Å²) in [6.07, 6.45) is -4.65. The molecule has 0 radical (unpaired) electrons. The largest absolute Gasteiger partial charge is 0.492 e. The highest BCUT2D eigenvalue weighted by Gasteiger charge is 2.31. The molecule has 0 fully saturated rings. The SMILES string of the molecule is CCOc1ccc(C(F)(F)F)cc1NC(=O)c1cc(F)c(C)c([N+](=O)[O-])c1. The minimum absolute atomic E-state index is 0.0269. The number of hydrogen-bond acceptors (Lipinski definition) is 4. The van der Waals surface area contributed by atoms with Gasteiger partial charge in [-0.1, -0.05) is 0 Å². The zero-order valence-electron chi connectivity index (χ0n) is 14.2. The maximum atomic E-state index is 13.9. The van der Waals surface area contributed by atoms with E-state index >= 15 is 0 Å². The quantitative estimate of drug-likeness (QED) is 0.458. The van der Waals surface area contributed by atoms with E-state index in [1.807, 2.05) is 0 Å². The Labute approximate surface area is 150 Å². The Morgan fingerprint density at radius 3 is 2.48 bits per heavy atom. The molecule has 2 rings (SSSR count). The van der Waals surface area contributed by atoms with E-state index in [4.69, 9.17) is 4.74 Å². The summed E-state index contributed by atoms with van der Waals surface area (Å²) in [4.78, 5) is 22.4. The number of alkyl halides is 3. The van der Waals surface area contributed by atoms with Gasteiger partial charge >= 0.3 is 6.18 Å². The van der Waals surface area contributed by atoms with Crippen molar-refractivity contribution < 1.29 is 32.0 Å². The predicted octanol–water partition coefficient (Wildman–Crippen LogP) is 4.71. The summed E-state index contributed by atoms with van der Waals surface area (Å²) in [5.74, 6) is -2.03. The minimum Gasteiger partial charge on any atom is -0.492 e. The molecule has 0 spiro atoms. The molecule has 0 aliphatic heterocycles. The lowest BCUT2D eigenvalue weighted by molar-refractivity contribution is -0.385. The molecular weight excluding hydrogens is 372 g/mol. The van der Waals surface area contributed by atoms with Crippen LogP contribution in [0.5, 0.6) is 5.75 Å². The van der Waals surface area contributed by atoms with Gasteiger partial charge in [-0.3, -0.25) is 14.9 Å². The number of carbonyl (C=O) groups is 1. The molecule has 10 heteroatoms. The van der Waals surface area contributed by atoms with E-state index < -0.39 is 39.6 Å². The molecule has 144 valence electrons. The van der Waals surface area contributed by atoms with Crippen LogP contribution in [0.25, 0.3) is 0 Å². The van der Waals surface area contributed by atoms with Gasteiger partial charge < -0.3 is 10.1 Å². The van der Waals surface area contributed by atoms with E-state index in [-0.39, 0.29) is 23.6 Å². The lowest BCUT2D eigenvalue weighted by Crippen LogP contribution is -2.15. The molecule has 27 heavy (non-hydrogen) atoms. The number of hydrogen-bond donors (Lipinski definition) is 1. The van der Waals surface area contributed by atoms with Crippen molar-refractivity contribution in [3.8, 4) is 5.75 Å². The van der Waals surface area contributed by atoms with Crippen LogP contribution in [0.3, 0.4) is 0 Å². The van der Waals surface area contributed by atoms with E-state index in [9.17, 15) is 32.5 Å². The van der Waals surface area contributed by atoms with Crippen LogP contribution in [0, 0.1) is 22.9 Å². The molecule has 2 aromatic carbocycles. The Morgan fingerprint density at radius 2 is 1.93 bits per heavy atom. The maximum Gasteiger partial charge on any atom is 0.416 e. The van der Waals surface area contributed by atoms with Crippen LogP contribution in [0.2, 0.25) is 0 Å². The number of benzene rings is 2. The molecule has 6 nitrogen and oxygen atoms in total. The normalized spacial score (nSPS) is 11.2. The van der Waals surface area contributed by atoms with Gasteiger partial charge in [0.1, 0.15) is 11.6 Å². The molecule has 0 heterocycles. The Bertz CT molecular complexity index is 897. The van der Waals surface area contributed by atoms with Gasteiger partial charge in [0, 0.05) is 11.6 Å². The predicted molar refractivity (Wildman–Crippen MR) is 88.4 cm³/mol. The average Bonchev–Trinajstić information content (AvgIpc) is 2.57. The minimum atomic E-state index is -4.65. The molecular formula is C17H14F4N2O4. The molecule has 0 aliphatic rings. The number of anilines is 1. The zero-order chi connectivity index (χ0) is 20.4. The van der Waals surface area contributed by atoms with Gasteiger partial charge in [0.15, 0.2) is 0 Å². The molecule has 0 bridgehead atoms. The summed E-state index contributed by atoms with van der Waals surface area (Å²) in [5.41, 5.74) is -2.60. The average molecular weight is 386 g/mol. The second-order valence-corrected chi connectivity index (χ2v) is 5.46. The number of rotatable bonds is 5. The van der Waals surface area contributed by atoms with Crippen molar-refractivity contribution >= 4 is 17.3 Å². The topological polar surface area (TPSA) is 81.5 Å². The second kappa shape index (κ2) is 7.60. The Hall–Kier alpha value is -3.17. The first-order chi connectivity index (χ1) is 12.5. The lowest BCUT2D eigenvalue weighted by Gasteiger charge is -2.15. The van der Waals surface area contributed by atoms with Crippen LogP contribution in [-0.2, 0) is 6.18 Å². The van der Waals surface area contributed by atoms with Crippen molar-refractivity contribution in [1.29, 1.82) is 0 Å². The van der Waals surface area contributed by atoms with Crippen LogP contribution in [0.4, 0.5) is 28.9 Å². The molecule has 0 saturated heterocycles. The summed E-state index contributed by atoms with van der Waals surface area (Å²) in [7, 11) is 0. The van der Waals surface area contributed by atoms with Crippen LogP contribution in [0.15, 0.2) is 30.3 Å². The van der Waals surface area contributed by atoms with Crippen molar-refractivity contribution in [3.05, 3.63) is 63.0 Å². The van der Waals surface area contributed by atoms with Crippen LogP contribution >= 0.6 is 0 Å². The van der Waals surface area contributed by atoms with Gasteiger partial charge in [0.25, 0.3) is 11.6 Å². The summed E-state index contributed by atoms with van der Waals surface area (Å²) < 4.78 is 57.8. The molecule has 0 aliphatic carbocycles. The first-order valence-electron chi connectivity index (χ1n) is 7.64. The highest BCUT2D eigenvalue weighted by atomic mass is 19.4. The zero-order valence-corrected chi connectivity index (χ0v) is 14.2. The lowest BCUT2D eigenvalue weighted by atomic mass is 10.1. The molecule has 0 saturated carbocycles. The number of ether oxygens (including phenoxy) is 1. The van der Waals surface area contributed by atoms with E-state index in [0.717, 1.165) is 24.3 Å². The Morgan fingerprint density at radius 1 is 1.26 bits per heavy atom. The van der Waals surface area contributed by atoms with Gasteiger partial charge in [0.05, 0.1) is 28.3 Å². The molecule has 0 atom stereocenters. The number of nitro groups is 1. The van der Waals surface area contributed by atoms with Gasteiger partial charge in [-0.05, 0) is 38.1 Å². The number of amides is 1. The molecule has 2 aromatic rings. The summed E-state index contributed by atoms with van der Waals surface area (Å²) in [5, 5.41) is 13.1. The van der Waals surface area contributed by atoms with E-state index in [1.54, 1.807) is 6.92 Å². The van der Waals surface area contributed by atoms with Crippen molar-refractivity contribution in [3.63, 3.8) is 0 Å². The van der Waals surface area contributed by atoms with Crippen molar-refractivity contribution in [2.45, 2.75) is 20.0 Å². The third-order valence-electron chi connectivity index (χ3n) is 3.63. The molecule has 1 amide bonds. The fourth-order valence-corrected chi connectivity index (χ4v) is 2.26. The highest BCUT2D eigenvalue weighted by molar-refractivity contribution is 6.05. The molecule has 1 N–H and O–H groups in total. The fraction of sp³-hybridized carbons (Fsp3) is 0.235. The van der Waals surface area contributed by atoms with Gasteiger partial charge in [-0.2, -0.15) is 13.2 Å². The van der Waals surface area contributed by atoms with Gasteiger partial charge in [-0.25, -0.2) is 4.39 Å². The number of nitro benzene ring substituents is 1. The third kappa shape index (κ3) is 4.52. The van der Waals surface area contributed by atoms with Crippen LogP contribution in [0.1, 0.15) is 28.4 Å². The number of nitrogens with one attached hydrogen (secondary N) is 1. The molecule has 0 aromatic heterocycles. The fourth-order valence-electron chi connectivity index (χ4n) is 2.26. The Balaban J connectivity index is 2.44. The first-order valence-corrected chi connectivity index (χ1v) is 7.64. The van der Waals surface area contributed by atoms with E-state index in [1.165, 1.54) is 6.92 Å². The van der Waals surface area contributed by atoms with Crippen molar-refractivity contribution in [2.75, 3.05) is 11.9 Å². The standard InChI is InChI=1S/C17H14F4N2O4/c1-3-27-15-5-4-11(17(19,20)21)8-13(15)22-16(24)10-6-12(18)9(2)14(7-10)23(25)26/h4-8H,3H2,1-2H3,(H,22,24). The van der Waals surface area contributed by atoms with Crippen molar-refractivity contribution in [2.24, 2.45) is 0 Å².